The second-order valence-corrected chi connectivity index (χ2v) is 11.2. The van der Waals surface area contributed by atoms with Crippen molar-refractivity contribution in [1.29, 1.82) is 0 Å². The van der Waals surface area contributed by atoms with Gasteiger partial charge in [0.25, 0.3) is 10.0 Å². The summed E-state index contributed by atoms with van der Waals surface area (Å²) in [6.07, 6.45) is 0.364. The number of likely N-dealkylation sites (N-methyl/N-ethyl adjacent to an activating group) is 1. The number of rotatable bonds is 12. The first kappa shape index (κ1) is 29.7. The predicted molar refractivity (Wildman–Crippen MR) is 153 cm³/mol. The number of carbonyl (C=O) groups excluding carboxylic acids is 2. The van der Waals surface area contributed by atoms with Gasteiger partial charge < -0.3 is 15.0 Å². The first-order chi connectivity index (χ1) is 18.6. The van der Waals surface area contributed by atoms with Crippen molar-refractivity contribution in [1.82, 2.24) is 10.2 Å². The molecule has 0 spiro atoms. The van der Waals surface area contributed by atoms with E-state index in [2.05, 4.69) is 5.32 Å². The molecule has 0 saturated heterocycles. The van der Waals surface area contributed by atoms with Crippen LogP contribution in [0, 0.1) is 13.8 Å². The van der Waals surface area contributed by atoms with Crippen LogP contribution in [0.2, 0.25) is 0 Å². The number of benzene rings is 3. The number of methoxy groups -OCH3 is 1. The number of carbonyl (C=O) groups is 2. The maximum absolute atomic E-state index is 14.0. The van der Waals surface area contributed by atoms with Gasteiger partial charge in [0.15, 0.2) is 0 Å². The maximum Gasteiger partial charge on any atom is 0.264 e. The van der Waals surface area contributed by atoms with Crippen molar-refractivity contribution in [3.63, 3.8) is 0 Å². The number of sulfonamides is 1. The normalized spacial score (nSPS) is 11.9. The summed E-state index contributed by atoms with van der Waals surface area (Å²) < 4.78 is 34.2. The van der Waals surface area contributed by atoms with E-state index in [0.29, 0.717) is 30.0 Å². The van der Waals surface area contributed by atoms with Crippen LogP contribution in [0.4, 0.5) is 5.69 Å². The zero-order valence-electron chi connectivity index (χ0n) is 23.2. The SMILES string of the molecule is CCNC(=O)[C@@H](CC)N(Cc1ccc(OC)cc1)C(=O)CN(c1ccccc1C)S(=O)(=O)c1ccc(C)cc1. The summed E-state index contributed by atoms with van der Waals surface area (Å²) in [5.74, 6) is -0.101. The van der Waals surface area contributed by atoms with Crippen molar-refractivity contribution in [3.8, 4) is 5.75 Å². The molecule has 3 rings (SSSR count). The number of hydrogen-bond acceptors (Lipinski definition) is 5. The van der Waals surface area contributed by atoms with Gasteiger partial charge in [-0.2, -0.15) is 0 Å². The molecule has 8 nitrogen and oxygen atoms in total. The summed E-state index contributed by atoms with van der Waals surface area (Å²) in [5, 5.41) is 2.81. The van der Waals surface area contributed by atoms with Crippen LogP contribution in [0.1, 0.15) is 37.0 Å². The van der Waals surface area contributed by atoms with Crippen LogP contribution in [0.5, 0.6) is 5.75 Å². The maximum atomic E-state index is 14.0. The number of para-hydroxylation sites is 1. The van der Waals surface area contributed by atoms with Gasteiger partial charge >= 0.3 is 0 Å². The largest absolute Gasteiger partial charge is 0.497 e. The van der Waals surface area contributed by atoms with E-state index >= 15 is 0 Å². The van der Waals surface area contributed by atoms with Gasteiger partial charge in [-0.1, -0.05) is 55.0 Å². The van der Waals surface area contributed by atoms with E-state index < -0.39 is 28.5 Å². The molecule has 0 aliphatic carbocycles. The van der Waals surface area contributed by atoms with Gasteiger partial charge in [0.2, 0.25) is 11.8 Å². The molecule has 0 fully saturated rings. The molecule has 0 aromatic heterocycles. The van der Waals surface area contributed by atoms with Crippen LogP contribution in [-0.2, 0) is 26.2 Å². The fraction of sp³-hybridized carbons (Fsp3) is 0.333. The quantitative estimate of drug-likeness (QED) is 0.359. The second kappa shape index (κ2) is 13.3. The Morgan fingerprint density at radius 1 is 0.923 bits per heavy atom. The highest BCUT2D eigenvalue weighted by molar-refractivity contribution is 7.92. The zero-order chi connectivity index (χ0) is 28.6. The van der Waals surface area contributed by atoms with E-state index in [9.17, 15) is 18.0 Å². The van der Waals surface area contributed by atoms with Crippen LogP contribution in [-0.4, -0.2) is 51.4 Å². The van der Waals surface area contributed by atoms with Crippen molar-refractivity contribution < 1.29 is 22.7 Å². The molecule has 0 saturated carbocycles. The van der Waals surface area contributed by atoms with Crippen LogP contribution in [0.15, 0.2) is 77.7 Å². The van der Waals surface area contributed by atoms with Crippen molar-refractivity contribution >= 4 is 27.5 Å². The minimum atomic E-state index is -4.10. The lowest BCUT2D eigenvalue weighted by Crippen LogP contribution is -2.52. The second-order valence-electron chi connectivity index (χ2n) is 9.30. The molecule has 0 radical (unpaired) electrons. The molecule has 208 valence electrons. The van der Waals surface area contributed by atoms with Crippen molar-refractivity contribution in [3.05, 3.63) is 89.5 Å². The highest BCUT2D eigenvalue weighted by Crippen LogP contribution is 2.28. The van der Waals surface area contributed by atoms with E-state index in [0.717, 1.165) is 15.4 Å². The van der Waals surface area contributed by atoms with Crippen molar-refractivity contribution in [2.45, 2.75) is 51.6 Å². The smallest absolute Gasteiger partial charge is 0.264 e. The third-order valence-corrected chi connectivity index (χ3v) is 8.29. The molecule has 0 heterocycles. The summed E-state index contributed by atoms with van der Waals surface area (Å²) in [7, 11) is -2.53. The molecule has 39 heavy (non-hydrogen) atoms. The average Bonchev–Trinajstić information content (AvgIpc) is 2.92. The number of nitrogens with zero attached hydrogens (tertiary/aromatic N) is 2. The highest BCUT2D eigenvalue weighted by Gasteiger charge is 2.34. The molecular weight excluding hydrogens is 514 g/mol. The lowest BCUT2D eigenvalue weighted by atomic mass is 10.1. The Morgan fingerprint density at radius 2 is 1.56 bits per heavy atom. The summed E-state index contributed by atoms with van der Waals surface area (Å²) >= 11 is 0. The van der Waals surface area contributed by atoms with Crippen LogP contribution < -0.4 is 14.4 Å². The monoisotopic (exact) mass is 551 g/mol. The fourth-order valence-corrected chi connectivity index (χ4v) is 5.81. The number of anilines is 1. The summed E-state index contributed by atoms with van der Waals surface area (Å²) in [5.41, 5.74) is 2.82. The van der Waals surface area contributed by atoms with Gasteiger partial charge in [0.1, 0.15) is 18.3 Å². The van der Waals surface area contributed by atoms with E-state index in [4.69, 9.17) is 4.74 Å². The Balaban J connectivity index is 2.06. The molecule has 0 aliphatic rings. The third-order valence-electron chi connectivity index (χ3n) is 6.52. The molecule has 2 amide bonds. The van der Waals surface area contributed by atoms with E-state index in [1.807, 2.05) is 39.0 Å². The highest BCUT2D eigenvalue weighted by atomic mass is 32.2. The van der Waals surface area contributed by atoms with Crippen LogP contribution in [0.3, 0.4) is 0 Å². The first-order valence-electron chi connectivity index (χ1n) is 13.0. The van der Waals surface area contributed by atoms with E-state index in [1.54, 1.807) is 68.6 Å². The third kappa shape index (κ3) is 7.17. The Hall–Kier alpha value is -3.85. The molecule has 1 atom stereocenters. The van der Waals surface area contributed by atoms with Gasteiger partial charge in [-0.05, 0) is 68.7 Å². The van der Waals surface area contributed by atoms with Gasteiger partial charge in [-0.3, -0.25) is 13.9 Å². The average molecular weight is 552 g/mol. The molecule has 3 aromatic rings. The number of hydrogen-bond donors (Lipinski definition) is 1. The molecule has 0 bridgehead atoms. The molecule has 1 N–H and O–H groups in total. The van der Waals surface area contributed by atoms with E-state index in [1.165, 1.54) is 4.90 Å². The van der Waals surface area contributed by atoms with Gasteiger partial charge in [-0.25, -0.2) is 8.42 Å². The topological polar surface area (TPSA) is 96.0 Å². The summed E-state index contributed by atoms with van der Waals surface area (Å²) in [4.78, 5) is 28.6. The minimum absolute atomic E-state index is 0.0848. The molecule has 0 aliphatic heterocycles. The van der Waals surface area contributed by atoms with Crippen molar-refractivity contribution in [2.75, 3.05) is 24.5 Å². The van der Waals surface area contributed by atoms with Crippen LogP contribution in [0.25, 0.3) is 0 Å². The summed E-state index contributed by atoms with van der Waals surface area (Å²) in [6.45, 7) is 7.40. The van der Waals surface area contributed by atoms with Gasteiger partial charge in [-0.15, -0.1) is 0 Å². The van der Waals surface area contributed by atoms with Crippen LogP contribution >= 0.6 is 0 Å². The molecule has 0 unspecified atom stereocenters. The fourth-order valence-electron chi connectivity index (χ4n) is 4.33. The standard InChI is InChI=1S/C30H37N3O5S/c1-6-27(30(35)31-7-2)32(20-24-14-16-25(38-5)17-15-24)29(34)21-33(28-11-9-8-10-23(28)4)39(36,37)26-18-12-22(3)13-19-26/h8-19,27H,6-7,20-21H2,1-5H3,(H,31,35)/t27-/m1/s1. The Labute approximate surface area is 231 Å². The number of nitrogens with one attached hydrogen (secondary N) is 1. The predicted octanol–water partition coefficient (Wildman–Crippen LogP) is 4.45. The molecule has 3 aromatic carbocycles. The number of aryl methyl sites for hydroxylation is 2. The Bertz CT molecular complexity index is 1370. The lowest BCUT2D eigenvalue weighted by Gasteiger charge is -2.33. The minimum Gasteiger partial charge on any atom is -0.497 e. The van der Waals surface area contributed by atoms with Gasteiger partial charge in [0.05, 0.1) is 17.7 Å². The number of ether oxygens (including phenoxy) is 1. The lowest BCUT2D eigenvalue weighted by molar-refractivity contribution is -0.140. The number of amides is 2. The van der Waals surface area contributed by atoms with E-state index in [-0.39, 0.29) is 17.3 Å². The van der Waals surface area contributed by atoms with Gasteiger partial charge in [0, 0.05) is 13.1 Å². The molecular formula is C30H37N3O5S. The molecule has 9 heteroatoms. The summed E-state index contributed by atoms with van der Waals surface area (Å²) in [6, 6.07) is 20.0. The first-order valence-corrected chi connectivity index (χ1v) is 14.4. The Kier molecular flexibility index (Phi) is 10.1. The van der Waals surface area contributed by atoms with Crippen molar-refractivity contribution in [2.24, 2.45) is 0 Å². The zero-order valence-corrected chi connectivity index (χ0v) is 24.0. The Morgan fingerprint density at radius 3 is 2.13 bits per heavy atom.